The van der Waals surface area contributed by atoms with E-state index < -0.39 is 17.7 Å². The summed E-state index contributed by atoms with van der Waals surface area (Å²) in [7, 11) is 0. The van der Waals surface area contributed by atoms with Gasteiger partial charge in [-0.25, -0.2) is 10.4 Å². The number of rotatable bonds is 5. The highest BCUT2D eigenvalue weighted by Gasteiger charge is 2.18. The summed E-state index contributed by atoms with van der Waals surface area (Å²) in [5.74, 6) is -2.43. The number of carbonyl (C=O) groups excluding carboxylic acids is 3. The molecule has 8 nitrogen and oxygen atoms in total. The number of fused-ring (bicyclic) bond motifs is 1. The van der Waals surface area contributed by atoms with Gasteiger partial charge in [-0.15, -0.1) is 0 Å². The van der Waals surface area contributed by atoms with Crippen molar-refractivity contribution < 1.29 is 14.4 Å². The molecule has 0 aliphatic rings. The highest BCUT2D eigenvalue weighted by atomic mass is 35.5. The van der Waals surface area contributed by atoms with Gasteiger partial charge in [0.15, 0.2) is 0 Å². The van der Waals surface area contributed by atoms with Gasteiger partial charge >= 0.3 is 11.8 Å². The molecular weight excluding hydrogens is 478 g/mol. The highest BCUT2D eigenvalue weighted by molar-refractivity contribution is 6.40. The van der Waals surface area contributed by atoms with E-state index >= 15 is 0 Å². The molecule has 0 bridgehead atoms. The molecule has 0 aliphatic carbocycles. The van der Waals surface area contributed by atoms with Crippen LogP contribution in [-0.2, 0) is 9.59 Å². The number of aromatic nitrogens is 1. The number of benzene rings is 3. The molecule has 4 rings (SSSR count). The van der Waals surface area contributed by atoms with E-state index in [1.807, 2.05) is 50.2 Å². The van der Waals surface area contributed by atoms with Crippen molar-refractivity contribution in [3.05, 3.63) is 100 Å². The Morgan fingerprint density at radius 2 is 1.64 bits per heavy atom. The van der Waals surface area contributed by atoms with Crippen LogP contribution in [0.3, 0.4) is 0 Å². The zero-order valence-electron chi connectivity index (χ0n) is 19.5. The Kier molecular flexibility index (Phi) is 7.36. The highest BCUT2D eigenvalue weighted by Crippen LogP contribution is 2.21. The van der Waals surface area contributed by atoms with Crippen LogP contribution in [0.2, 0.25) is 5.15 Å². The molecule has 3 amide bonds. The van der Waals surface area contributed by atoms with Crippen LogP contribution in [0.1, 0.15) is 27.0 Å². The lowest BCUT2D eigenvalue weighted by Crippen LogP contribution is -2.33. The minimum Gasteiger partial charge on any atom is -0.322 e. The van der Waals surface area contributed by atoms with Gasteiger partial charge in [0.05, 0.1) is 23.0 Å². The lowest BCUT2D eigenvalue weighted by atomic mass is 10.1. The summed E-state index contributed by atoms with van der Waals surface area (Å²) in [6.07, 6.45) is 1.31. The SMILES string of the molecule is Cc1cccc(NC(=O)c2ccccc2NC(=O)C(=O)NN=Cc2cc3ccc(C)cc3nc2Cl)c1. The van der Waals surface area contributed by atoms with Crippen molar-refractivity contribution in [2.45, 2.75) is 13.8 Å². The van der Waals surface area contributed by atoms with Crippen LogP contribution in [-0.4, -0.2) is 28.9 Å². The maximum Gasteiger partial charge on any atom is 0.329 e. The Labute approximate surface area is 212 Å². The van der Waals surface area contributed by atoms with Crippen LogP contribution in [0, 0.1) is 13.8 Å². The summed E-state index contributed by atoms with van der Waals surface area (Å²) >= 11 is 6.22. The average Bonchev–Trinajstić information content (AvgIpc) is 2.84. The molecule has 0 unspecified atom stereocenters. The predicted molar refractivity (Wildman–Crippen MR) is 141 cm³/mol. The van der Waals surface area contributed by atoms with Gasteiger partial charge in [-0.3, -0.25) is 14.4 Å². The van der Waals surface area contributed by atoms with E-state index in [0.29, 0.717) is 11.3 Å². The van der Waals surface area contributed by atoms with Gasteiger partial charge < -0.3 is 10.6 Å². The van der Waals surface area contributed by atoms with Crippen molar-refractivity contribution in [3.63, 3.8) is 0 Å². The fourth-order valence-electron chi connectivity index (χ4n) is 3.46. The van der Waals surface area contributed by atoms with Crippen LogP contribution in [0.25, 0.3) is 10.9 Å². The Hall–Kier alpha value is -4.56. The van der Waals surface area contributed by atoms with E-state index in [1.54, 1.807) is 30.3 Å². The first kappa shape index (κ1) is 24.6. The van der Waals surface area contributed by atoms with Crippen LogP contribution < -0.4 is 16.1 Å². The lowest BCUT2D eigenvalue weighted by molar-refractivity contribution is -0.136. The van der Waals surface area contributed by atoms with E-state index in [4.69, 9.17) is 11.6 Å². The van der Waals surface area contributed by atoms with Crippen LogP contribution >= 0.6 is 11.6 Å². The Morgan fingerprint density at radius 3 is 2.44 bits per heavy atom. The summed E-state index contributed by atoms with van der Waals surface area (Å²) < 4.78 is 0. The topological polar surface area (TPSA) is 113 Å². The molecule has 3 N–H and O–H groups in total. The van der Waals surface area contributed by atoms with Crippen molar-refractivity contribution in [3.8, 4) is 0 Å². The van der Waals surface area contributed by atoms with Crippen molar-refractivity contribution in [1.29, 1.82) is 0 Å². The van der Waals surface area contributed by atoms with Crippen molar-refractivity contribution in [2.24, 2.45) is 5.10 Å². The number of amides is 3. The molecule has 0 saturated carbocycles. The molecule has 1 aromatic heterocycles. The number of hydrogen-bond donors (Lipinski definition) is 3. The monoisotopic (exact) mass is 499 g/mol. The molecule has 9 heteroatoms. The van der Waals surface area contributed by atoms with Crippen LogP contribution in [0.4, 0.5) is 11.4 Å². The van der Waals surface area contributed by atoms with E-state index in [2.05, 4.69) is 26.1 Å². The van der Waals surface area contributed by atoms with E-state index in [9.17, 15) is 14.4 Å². The third kappa shape index (κ3) is 5.92. The number of anilines is 2. The normalized spacial score (nSPS) is 10.9. The molecule has 0 spiro atoms. The molecule has 3 aromatic carbocycles. The zero-order chi connectivity index (χ0) is 25.7. The number of para-hydroxylation sites is 1. The molecule has 0 aliphatic heterocycles. The third-order valence-corrected chi connectivity index (χ3v) is 5.53. The number of carbonyl (C=O) groups is 3. The first-order valence-electron chi connectivity index (χ1n) is 11.0. The molecule has 1 heterocycles. The van der Waals surface area contributed by atoms with Gasteiger partial charge in [0.2, 0.25) is 0 Å². The Balaban J connectivity index is 1.41. The summed E-state index contributed by atoms with van der Waals surface area (Å²) in [6.45, 7) is 3.87. The first-order chi connectivity index (χ1) is 17.3. The summed E-state index contributed by atoms with van der Waals surface area (Å²) in [5, 5.41) is 10.1. The van der Waals surface area contributed by atoms with Crippen LogP contribution in [0.15, 0.2) is 77.9 Å². The second-order valence-corrected chi connectivity index (χ2v) is 8.45. The maximum absolute atomic E-state index is 12.8. The quantitative estimate of drug-likeness (QED) is 0.158. The molecule has 0 radical (unpaired) electrons. The van der Waals surface area contributed by atoms with E-state index in [0.717, 1.165) is 22.0 Å². The van der Waals surface area contributed by atoms with Crippen molar-refractivity contribution >= 4 is 57.8 Å². The molecule has 36 heavy (non-hydrogen) atoms. The fourth-order valence-corrected chi connectivity index (χ4v) is 3.66. The summed E-state index contributed by atoms with van der Waals surface area (Å²) in [4.78, 5) is 41.8. The van der Waals surface area contributed by atoms with Gasteiger partial charge in [-0.1, -0.05) is 48.0 Å². The number of halogens is 1. The van der Waals surface area contributed by atoms with Gasteiger partial charge in [-0.2, -0.15) is 5.10 Å². The Morgan fingerprint density at radius 1 is 0.861 bits per heavy atom. The number of aryl methyl sites for hydroxylation is 2. The van der Waals surface area contributed by atoms with E-state index in [-0.39, 0.29) is 16.4 Å². The number of nitrogens with zero attached hydrogens (tertiary/aromatic N) is 2. The zero-order valence-corrected chi connectivity index (χ0v) is 20.3. The van der Waals surface area contributed by atoms with Gasteiger partial charge in [0, 0.05) is 16.6 Å². The third-order valence-electron chi connectivity index (χ3n) is 5.23. The van der Waals surface area contributed by atoms with Crippen molar-refractivity contribution in [1.82, 2.24) is 10.4 Å². The van der Waals surface area contributed by atoms with Gasteiger partial charge in [0.1, 0.15) is 5.15 Å². The Bertz CT molecular complexity index is 1520. The molecule has 0 atom stereocenters. The van der Waals surface area contributed by atoms with E-state index in [1.165, 1.54) is 12.3 Å². The predicted octanol–water partition coefficient (Wildman–Crippen LogP) is 4.85. The van der Waals surface area contributed by atoms with Crippen molar-refractivity contribution in [2.75, 3.05) is 10.6 Å². The second kappa shape index (κ2) is 10.8. The summed E-state index contributed by atoms with van der Waals surface area (Å²) in [5.41, 5.74) is 6.43. The largest absolute Gasteiger partial charge is 0.329 e. The minimum absolute atomic E-state index is 0.184. The molecule has 0 fully saturated rings. The standard InChI is InChI=1S/C27H22ClN5O3/c1-16-6-5-7-20(12-16)30-25(34)21-8-3-4-9-22(21)32-26(35)27(36)33-29-15-19-14-18-11-10-17(2)13-23(18)31-24(19)28/h3-15H,1-2H3,(H,30,34)(H,32,35)(H,33,36). The lowest BCUT2D eigenvalue weighted by Gasteiger charge is -2.11. The number of pyridine rings is 1. The molecule has 4 aromatic rings. The molecule has 180 valence electrons. The smallest absolute Gasteiger partial charge is 0.322 e. The molecular formula is C27H22ClN5O3. The second-order valence-electron chi connectivity index (χ2n) is 8.09. The average molecular weight is 500 g/mol. The summed E-state index contributed by atoms with van der Waals surface area (Å²) in [6, 6.07) is 21.2. The van der Waals surface area contributed by atoms with Crippen LogP contribution in [0.5, 0.6) is 0 Å². The van der Waals surface area contributed by atoms with Gasteiger partial charge in [0.25, 0.3) is 5.91 Å². The minimum atomic E-state index is -1.01. The number of hydrazone groups is 1. The number of nitrogens with one attached hydrogen (secondary N) is 3. The fraction of sp³-hybridized carbons (Fsp3) is 0.0741. The molecule has 0 saturated heterocycles. The first-order valence-corrected chi connectivity index (χ1v) is 11.4. The number of hydrogen-bond acceptors (Lipinski definition) is 5. The maximum atomic E-state index is 12.8. The van der Waals surface area contributed by atoms with Gasteiger partial charge in [-0.05, 0) is 61.4 Å².